The second-order valence-corrected chi connectivity index (χ2v) is 6.52. The van der Waals surface area contributed by atoms with Gasteiger partial charge in [0.1, 0.15) is 5.75 Å². The molecule has 0 aliphatic carbocycles. The number of carbonyl (C=O) groups excluding carboxylic acids is 3. The average Bonchev–Trinajstić information content (AvgIpc) is 2.59. The van der Waals surface area contributed by atoms with Crippen LogP contribution in [0.1, 0.15) is 13.8 Å². The number of fused-ring (bicyclic) bond motifs is 1. The molecule has 0 aromatic heterocycles. The van der Waals surface area contributed by atoms with Crippen molar-refractivity contribution in [3.8, 4) is 5.75 Å². The van der Waals surface area contributed by atoms with Crippen LogP contribution in [-0.2, 0) is 14.3 Å². The summed E-state index contributed by atoms with van der Waals surface area (Å²) in [5.41, 5.74) is 0. The Hall–Kier alpha value is -2.61. The Morgan fingerprint density at radius 3 is 2.54 bits per heavy atom. The molecule has 0 radical (unpaired) electrons. The predicted octanol–water partition coefficient (Wildman–Crippen LogP) is 2.76. The second-order valence-electron chi connectivity index (χ2n) is 5.72. The molecule has 0 spiro atoms. The minimum atomic E-state index is -0.719. The number of esters is 1. The van der Waals surface area contributed by atoms with E-state index >= 15 is 0 Å². The molecule has 26 heavy (non-hydrogen) atoms. The topological polar surface area (TPSA) is 93.7 Å². The third-order valence-corrected chi connectivity index (χ3v) is 4.03. The molecule has 0 saturated heterocycles. The van der Waals surface area contributed by atoms with Crippen LogP contribution in [-0.4, -0.2) is 37.2 Å². The first kappa shape index (κ1) is 19.7. The van der Waals surface area contributed by atoms with E-state index in [0.717, 1.165) is 15.2 Å². The Labute approximate surface area is 159 Å². The summed E-state index contributed by atoms with van der Waals surface area (Å²) in [5, 5.41) is 6.53. The van der Waals surface area contributed by atoms with Crippen molar-refractivity contribution >= 4 is 44.6 Å². The molecule has 0 heterocycles. The van der Waals surface area contributed by atoms with Gasteiger partial charge in [-0.1, -0.05) is 30.3 Å². The van der Waals surface area contributed by atoms with Crippen LogP contribution >= 0.6 is 15.9 Å². The lowest BCUT2D eigenvalue weighted by atomic mass is 10.1. The number of urea groups is 1. The highest BCUT2D eigenvalue weighted by atomic mass is 79.9. The Morgan fingerprint density at radius 2 is 1.81 bits per heavy atom. The molecule has 7 nitrogen and oxygen atoms in total. The van der Waals surface area contributed by atoms with E-state index in [0.29, 0.717) is 5.75 Å². The lowest BCUT2D eigenvalue weighted by Crippen LogP contribution is -2.44. The van der Waals surface area contributed by atoms with Gasteiger partial charge in [-0.25, -0.2) is 9.59 Å². The zero-order valence-corrected chi connectivity index (χ0v) is 16.0. The third kappa shape index (κ3) is 5.73. The minimum Gasteiger partial charge on any atom is -0.481 e. The molecule has 3 amide bonds. The molecule has 2 aromatic carbocycles. The number of imide groups is 1. The Balaban J connectivity index is 1.81. The number of rotatable bonds is 6. The van der Waals surface area contributed by atoms with Crippen molar-refractivity contribution < 1.29 is 23.9 Å². The van der Waals surface area contributed by atoms with Gasteiger partial charge in [0.05, 0.1) is 4.47 Å². The van der Waals surface area contributed by atoms with E-state index in [9.17, 15) is 14.4 Å². The van der Waals surface area contributed by atoms with E-state index < -0.39 is 24.5 Å². The summed E-state index contributed by atoms with van der Waals surface area (Å²) in [5.74, 6) is -0.950. The highest BCUT2D eigenvalue weighted by molar-refractivity contribution is 9.10. The largest absolute Gasteiger partial charge is 0.481 e. The van der Waals surface area contributed by atoms with E-state index in [1.807, 2.05) is 30.3 Å². The van der Waals surface area contributed by atoms with Crippen molar-refractivity contribution in [1.29, 1.82) is 0 Å². The Morgan fingerprint density at radius 1 is 1.08 bits per heavy atom. The molecule has 2 aromatic rings. The molecule has 0 atom stereocenters. The summed E-state index contributed by atoms with van der Waals surface area (Å²) in [6.07, 6.45) is 0. The Bertz CT molecular complexity index is 822. The van der Waals surface area contributed by atoms with Crippen LogP contribution in [0.25, 0.3) is 10.8 Å². The highest BCUT2D eigenvalue weighted by Crippen LogP contribution is 2.32. The van der Waals surface area contributed by atoms with Crippen LogP contribution in [0.3, 0.4) is 0 Å². The van der Waals surface area contributed by atoms with Gasteiger partial charge in [0.15, 0.2) is 13.2 Å². The van der Waals surface area contributed by atoms with Crippen LogP contribution in [0.2, 0.25) is 0 Å². The molecule has 8 heteroatoms. The first-order chi connectivity index (χ1) is 12.4. The van der Waals surface area contributed by atoms with Crippen LogP contribution in [0, 0.1) is 0 Å². The molecular formula is C18H19BrN2O5. The van der Waals surface area contributed by atoms with Crippen molar-refractivity contribution in [3.63, 3.8) is 0 Å². The minimum absolute atomic E-state index is 0.112. The number of carbonyl (C=O) groups is 3. The number of hydrogen-bond donors (Lipinski definition) is 2. The molecule has 138 valence electrons. The normalized spacial score (nSPS) is 10.5. The third-order valence-electron chi connectivity index (χ3n) is 3.21. The lowest BCUT2D eigenvalue weighted by molar-refractivity contribution is -0.150. The fraction of sp³-hybridized carbons (Fsp3) is 0.278. The standard InChI is InChI=1S/C18H19BrN2O5/c1-11(2)20-18(24)21-15(22)9-26-16(23)10-25-14-8-7-12-5-3-4-6-13(12)17(14)19/h3-8,11H,9-10H2,1-2H3,(H2,20,21,22,24). The van der Waals surface area contributed by atoms with Gasteiger partial charge in [-0.05, 0) is 46.6 Å². The van der Waals surface area contributed by atoms with Gasteiger partial charge in [-0.15, -0.1) is 0 Å². The van der Waals surface area contributed by atoms with Crippen molar-refractivity contribution in [2.24, 2.45) is 0 Å². The molecule has 0 unspecified atom stereocenters. The number of ether oxygens (including phenoxy) is 2. The van der Waals surface area contributed by atoms with Crippen molar-refractivity contribution in [3.05, 3.63) is 40.9 Å². The first-order valence-electron chi connectivity index (χ1n) is 7.93. The first-order valence-corrected chi connectivity index (χ1v) is 8.72. The zero-order chi connectivity index (χ0) is 19.1. The van der Waals surface area contributed by atoms with Gasteiger partial charge in [0, 0.05) is 6.04 Å². The fourth-order valence-corrected chi connectivity index (χ4v) is 2.72. The monoisotopic (exact) mass is 422 g/mol. The average molecular weight is 423 g/mol. The molecule has 2 rings (SSSR count). The maximum atomic E-state index is 11.7. The number of halogens is 1. The summed E-state index contributed by atoms with van der Waals surface area (Å²) >= 11 is 3.46. The zero-order valence-electron chi connectivity index (χ0n) is 14.4. The second kappa shape index (κ2) is 9.19. The van der Waals surface area contributed by atoms with Gasteiger partial charge in [-0.2, -0.15) is 0 Å². The van der Waals surface area contributed by atoms with Crippen molar-refractivity contribution in [1.82, 2.24) is 10.6 Å². The number of nitrogens with one attached hydrogen (secondary N) is 2. The summed E-state index contributed by atoms with van der Waals surface area (Å²) in [4.78, 5) is 34.6. The summed E-state index contributed by atoms with van der Waals surface area (Å²) in [6, 6.07) is 10.6. The summed E-state index contributed by atoms with van der Waals surface area (Å²) < 4.78 is 11.0. The Kier molecular flexibility index (Phi) is 6.97. The number of amides is 3. The number of benzene rings is 2. The molecule has 0 aliphatic heterocycles. The smallest absolute Gasteiger partial charge is 0.344 e. The molecule has 0 aliphatic rings. The highest BCUT2D eigenvalue weighted by Gasteiger charge is 2.13. The van der Waals surface area contributed by atoms with Crippen molar-refractivity contribution in [2.75, 3.05) is 13.2 Å². The van der Waals surface area contributed by atoms with E-state index in [1.54, 1.807) is 19.9 Å². The summed E-state index contributed by atoms with van der Waals surface area (Å²) in [6.45, 7) is 2.59. The lowest BCUT2D eigenvalue weighted by Gasteiger charge is -2.11. The van der Waals surface area contributed by atoms with Gasteiger partial charge >= 0.3 is 12.0 Å². The maximum absolute atomic E-state index is 11.7. The van der Waals surface area contributed by atoms with Gasteiger partial charge in [-0.3, -0.25) is 10.1 Å². The van der Waals surface area contributed by atoms with E-state index in [1.165, 1.54) is 0 Å². The predicted molar refractivity (Wildman–Crippen MR) is 99.9 cm³/mol. The molecule has 0 bridgehead atoms. The van der Waals surface area contributed by atoms with Crippen LogP contribution in [0.15, 0.2) is 40.9 Å². The van der Waals surface area contributed by atoms with Crippen molar-refractivity contribution in [2.45, 2.75) is 19.9 Å². The summed E-state index contributed by atoms with van der Waals surface area (Å²) in [7, 11) is 0. The van der Waals surface area contributed by atoms with E-state index in [4.69, 9.17) is 9.47 Å². The SMILES string of the molecule is CC(C)NC(=O)NC(=O)COC(=O)COc1ccc2ccccc2c1Br. The molecular weight excluding hydrogens is 404 g/mol. The molecule has 2 N–H and O–H groups in total. The van der Waals surface area contributed by atoms with Gasteiger partial charge in [0.25, 0.3) is 5.91 Å². The van der Waals surface area contributed by atoms with Gasteiger partial charge in [0.2, 0.25) is 0 Å². The molecule has 0 saturated carbocycles. The van der Waals surface area contributed by atoms with Gasteiger partial charge < -0.3 is 14.8 Å². The molecule has 0 fully saturated rings. The quantitative estimate of drug-likeness (QED) is 0.697. The van der Waals surface area contributed by atoms with E-state index in [2.05, 4.69) is 26.6 Å². The van der Waals surface area contributed by atoms with Crippen LogP contribution in [0.5, 0.6) is 5.75 Å². The van der Waals surface area contributed by atoms with E-state index in [-0.39, 0.29) is 12.6 Å². The fourth-order valence-electron chi connectivity index (χ4n) is 2.11. The van der Waals surface area contributed by atoms with Crippen LogP contribution in [0.4, 0.5) is 4.79 Å². The maximum Gasteiger partial charge on any atom is 0.344 e. The van der Waals surface area contributed by atoms with Crippen LogP contribution < -0.4 is 15.4 Å². The number of hydrogen-bond acceptors (Lipinski definition) is 5.